The first-order valence-electron chi connectivity index (χ1n) is 6.91. The van der Waals surface area contributed by atoms with Crippen molar-refractivity contribution in [3.05, 3.63) is 35.4 Å². The molecule has 1 aliphatic rings. The van der Waals surface area contributed by atoms with Gasteiger partial charge in [-0.05, 0) is 30.9 Å². The molecule has 1 saturated carbocycles. The summed E-state index contributed by atoms with van der Waals surface area (Å²) in [7, 11) is 8.19. The van der Waals surface area contributed by atoms with Crippen LogP contribution in [0, 0.1) is 6.92 Å². The van der Waals surface area contributed by atoms with E-state index < -0.39 is 0 Å². The second kappa shape index (κ2) is 5.24. The summed E-state index contributed by atoms with van der Waals surface area (Å²) in [5, 5.41) is 0. The molecule has 1 aliphatic carbocycles. The topological polar surface area (TPSA) is 18.8 Å². The van der Waals surface area contributed by atoms with Gasteiger partial charge in [-0.25, -0.2) is 0 Å². The van der Waals surface area contributed by atoms with Gasteiger partial charge >= 0.3 is 0 Å². The number of rotatable bonds is 3. The van der Waals surface area contributed by atoms with Gasteiger partial charge in [-0.1, -0.05) is 24.3 Å². The molecule has 1 fully saturated rings. The fourth-order valence-electron chi connectivity index (χ4n) is 2.74. The lowest BCUT2D eigenvalue weighted by Gasteiger charge is -2.24. The van der Waals surface area contributed by atoms with Gasteiger partial charge in [-0.3, -0.25) is 4.99 Å². The Hall–Kier alpha value is -1.51. The quantitative estimate of drug-likeness (QED) is 0.613. The predicted octanol–water partition coefficient (Wildman–Crippen LogP) is 2.51. The third kappa shape index (κ3) is 2.91. The molecular weight excluding hydrogens is 234 g/mol. The molecule has 0 aliphatic heterocycles. The third-order valence-electron chi connectivity index (χ3n) is 3.89. The maximum atomic E-state index is 4.84. The van der Waals surface area contributed by atoms with Crippen molar-refractivity contribution in [2.24, 2.45) is 4.99 Å². The monoisotopic (exact) mass is 259 g/mol. The van der Waals surface area contributed by atoms with E-state index in [1.807, 2.05) is 28.2 Å². The number of guanidine groups is 1. The van der Waals surface area contributed by atoms with Crippen molar-refractivity contribution in [3.8, 4) is 0 Å². The number of nitrogens with zero attached hydrogens (tertiary/aromatic N) is 3. The largest absolute Gasteiger partial charge is 0.349 e. The standard InChI is InChI=1S/C16H25N3/c1-13-8-6-7-9-14(13)16(10-11-16)12-17-15(18(2)3)19(4)5/h6-9H,10-12H2,1-5H3. The second-order valence-electron chi connectivity index (χ2n) is 6.00. The molecule has 0 atom stereocenters. The van der Waals surface area contributed by atoms with Crippen molar-refractivity contribution in [2.75, 3.05) is 34.7 Å². The Morgan fingerprint density at radius 3 is 2.16 bits per heavy atom. The lowest BCUT2D eigenvalue weighted by molar-refractivity contribution is 0.476. The van der Waals surface area contributed by atoms with Gasteiger partial charge in [-0.15, -0.1) is 0 Å². The lowest BCUT2D eigenvalue weighted by atomic mass is 9.92. The highest BCUT2D eigenvalue weighted by atomic mass is 15.3. The molecule has 1 aromatic carbocycles. The molecule has 0 spiro atoms. The van der Waals surface area contributed by atoms with Crippen LogP contribution in [-0.4, -0.2) is 50.5 Å². The van der Waals surface area contributed by atoms with E-state index in [4.69, 9.17) is 4.99 Å². The van der Waals surface area contributed by atoms with Gasteiger partial charge in [0.05, 0.1) is 6.54 Å². The van der Waals surface area contributed by atoms with E-state index >= 15 is 0 Å². The van der Waals surface area contributed by atoms with Crippen LogP contribution in [0.15, 0.2) is 29.3 Å². The first-order valence-corrected chi connectivity index (χ1v) is 6.91. The molecule has 3 nitrogen and oxygen atoms in total. The molecule has 0 N–H and O–H groups in total. The highest BCUT2D eigenvalue weighted by molar-refractivity contribution is 5.79. The fraction of sp³-hybridized carbons (Fsp3) is 0.562. The molecule has 19 heavy (non-hydrogen) atoms. The van der Waals surface area contributed by atoms with Crippen LogP contribution in [0.5, 0.6) is 0 Å². The van der Waals surface area contributed by atoms with E-state index in [1.54, 1.807) is 0 Å². The van der Waals surface area contributed by atoms with Gasteiger partial charge in [-0.2, -0.15) is 0 Å². The molecular formula is C16H25N3. The summed E-state index contributed by atoms with van der Waals surface area (Å²) < 4.78 is 0. The van der Waals surface area contributed by atoms with Gasteiger partial charge in [0.1, 0.15) is 0 Å². The number of hydrogen-bond acceptors (Lipinski definition) is 1. The summed E-state index contributed by atoms with van der Waals surface area (Å²) in [6, 6.07) is 8.73. The van der Waals surface area contributed by atoms with Crippen molar-refractivity contribution < 1.29 is 0 Å². The summed E-state index contributed by atoms with van der Waals surface area (Å²) in [6.45, 7) is 3.10. The van der Waals surface area contributed by atoms with E-state index in [9.17, 15) is 0 Å². The van der Waals surface area contributed by atoms with Crippen LogP contribution in [0.4, 0.5) is 0 Å². The van der Waals surface area contributed by atoms with E-state index in [-0.39, 0.29) is 0 Å². The molecule has 0 heterocycles. The van der Waals surface area contributed by atoms with Crippen LogP contribution in [0.2, 0.25) is 0 Å². The molecule has 3 heteroatoms. The van der Waals surface area contributed by atoms with E-state index in [1.165, 1.54) is 24.0 Å². The average molecular weight is 259 g/mol. The van der Waals surface area contributed by atoms with Crippen LogP contribution < -0.4 is 0 Å². The second-order valence-corrected chi connectivity index (χ2v) is 6.00. The fourth-order valence-corrected chi connectivity index (χ4v) is 2.74. The Kier molecular flexibility index (Phi) is 3.83. The van der Waals surface area contributed by atoms with Gasteiger partial charge < -0.3 is 9.80 Å². The summed E-state index contributed by atoms with van der Waals surface area (Å²) in [4.78, 5) is 9.00. The Morgan fingerprint density at radius 1 is 1.11 bits per heavy atom. The zero-order valence-electron chi connectivity index (χ0n) is 12.8. The highest BCUT2D eigenvalue weighted by Crippen LogP contribution is 2.49. The van der Waals surface area contributed by atoms with E-state index in [0.717, 1.165) is 12.5 Å². The van der Waals surface area contributed by atoms with Crippen LogP contribution >= 0.6 is 0 Å². The molecule has 0 amide bonds. The maximum absolute atomic E-state index is 4.84. The number of aryl methyl sites for hydroxylation is 1. The minimum atomic E-state index is 0.294. The van der Waals surface area contributed by atoms with E-state index in [2.05, 4.69) is 41.0 Å². The predicted molar refractivity (Wildman–Crippen MR) is 81.8 cm³/mol. The Bertz CT molecular complexity index is 461. The Balaban J connectivity index is 2.19. The van der Waals surface area contributed by atoms with Crippen molar-refractivity contribution in [1.82, 2.24) is 9.80 Å². The Morgan fingerprint density at radius 2 is 1.68 bits per heavy atom. The molecule has 0 bridgehead atoms. The highest BCUT2D eigenvalue weighted by Gasteiger charge is 2.44. The zero-order chi connectivity index (χ0) is 14.0. The summed E-state index contributed by atoms with van der Waals surface area (Å²) in [5.74, 6) is 1.04. The molecule has 104 valence electrons. The molecule has 1 aromatic rings. The summed E-state index contributed by atoms with van der Waals surface area (Å²) in [5.41, 5.74) is 3.17. The summed E-state index contributed by atoms with van der Waals surface area (Å²) >= 11 is 0. The van der Waals surface area contributed by atoms with Crippen molar-refractivity contribution in [3.63, 3.8) is 0 Å². The van der Waals surface area contributed by atoms with Gasteiger partial charge in [0.15, 0.2) is 5.96 Å². The zero-order valence-corrected chi connectivity index (χ0v) is 12.8. The minimum absolute atomic E-state index is 0.294. The van der Waals surface area contributed by atoms with E-state index in [0.29, 0.717) is 5.41 Å². The first kappa shape index (κ1) is 13.9. The first-order chi connectivity index (χ1) is 8.96. The summed E-state index contributed by atoms with van der Waals surface area (Å²) in [6.07, 6.45) is 2.52. The maximum Gasteiger partial charge on any atom is 0.195 e. The third-order valence-corrected chi connectivity index (χ3v) is 3.89. The smallest absolute Gasteiger partial charge is 0.195 e. The van der Waals surface area contributed by atoms with Crippen LogP contribution in [0.1, 0.15) is 24.0 Å². The van der Waals surface area contributed by atoms with Gasteiger partial charge in [0, 0.05) is 33.6 Å². The van der Waals surface area contributed by atoms with Gasteiger partial charge in [0.25, 0.3) is 0 Å². The minimum Gasteiger partial charge on any atom is -0.349 e. The Labute approximate surface area is 116 Å². The van der Waals surface area contributed by atoms with Crippen molar-refractivity contribution >= 4 is 5.96 Å². The number of aliphatic imine (C=N–C) groups is 1. The lowest BCUT2D eigenvalue weighted by Crippen LogP contribution is -2.36. The molecule has 0 saturated heterocycles. The molecule has 0 radical (unpaired) electrons. The normalized spacial score (nSPS) is 15.8. The number of benzene rings is 1. The van der Waals surface area contributed by atoms with Crippen LogP contribution in [-0.2, 0) is 5.41 Å². The SMILES string of the molecule is Cc1ccccc1C1(CN=C(N(C)C)N(C)C)CC1. The molecule has 0 aromatic heterocycles. The van der Waals surface area contributed by atoms with Crippen LogP contribution in [0.25, 0.3) is 0 Å². The van der Waals surface area contributed by atoms with Crippen LogP contribution in [0.3, 0.4) is 0 Å². The van der Waals surface area contributed by atoms with Gasteiger partial charge in [0.2, 0.25) is 0 Å². The average Bonchev–Trinajstić information content (AvgIpc) is 3.10. The van der Waals surface area contributed by atoms with Crippen molar-refractivity contribution in [1.29, 1.82) is 0 Å². The van der Waals surface area contributed by atoms with Crippen molar-refractivity contribution in [2.45, 2.75) is 25.2 Å². The number of hydrogen-bond donors (Lipinski definition) is 0. The molecule has 2 rings (SSSR count). The molecule has 0 unspecified atom stereocenters.